The fraction of sp³-hybridized carbons (Fsp3) is 0.400. The van der Waals surface area contributed by atoms with Gasteiger partial charge in [0.2, 0.25) is 10.0 Å². The molecule has 0 aromatic carbocycles. The Morgan fingerprint density at radius 1 is 1.24 bits per heavy atom. The minimum absolute atomic E-state index is 0.430. The van der Waals surface area contributed by atoms with Gasteiger partial charge in [0.1, 0.15) is 0 Å². The first-order valence-electron chi connectivity index (χ1n) is 6.77. The van der Waals surface area contributed by atoms with Crippen LogP contribution in [-0.4, -0.2) is 30.5 Å². The molecule has 3 rings (SSSR count). The van der Waals surface area contributed by atoms with Crippen molar-refractivity contribution in [2.24, 2.45) is 0 Å². The normalized spacial score (nSPS) is 19.7. The molecule has 1 N–H and O–H groups in total. The number of rotatable bonds is 3. The fourth-order valence-corrected chi connectivity index (χ4v) is 3.36. The van der Waals surface area contributed by atoms with E-state index in [2.05, 4.69) is 5.43 Å². The number of hydrazine groups is 1. The second-order valence-electron chi connectivity index (χ2n) is 6.59. The lowest BCUT2D eigenvalue weighted by Gasteiger charge is -2.30. The monoisotopic (exact) mass is 306 g/mol. The van der Waals surface area contributed by atoms with Gasteiger partial charge in [-0.05, 0) is 61.6 Å². The molecule has 0 bridgehead atoms. The largest absolute Gasteiger partial charge is 0.282 e. The molecule has 0 aromatic heterocycles. The highest BCUT2D eigenvalue weighted by Gasteiger charge is 2.38. The Hall–Kier alpha value is -1.66. The molecule has 0 heterocycles. The van der Waals surface area contributed by atoms with E-state index < -0.39 is 21.5 Å². The van der Waals surface area contributed by atoms with Crippen LogP contribution in [0, 0.1) is 0 Å². The number of allylic oxidation sites excluding steroid dienone is 6. The molecule has 1 saturated carbocycles. The van der Waals surface area contributed by atoms with E-state index in [0.29, 0.717) is 5.57 Å². The Morgan fingerprint density at radius 2 is 1.90 bits per heavy atom. The first-order valence-corrected chi connectivity index (χ1v) is 8.62. The van der Waals surface area contributed by atoms with Gasteiger partial charge in [0.25, 0.3) is 5.91 Å². The van der Waals surface area contributed by atoms with Crippen LogP contribution in [0.1, 0.15) is 27.2 Å². The highest BCUT2D eigenvalue weighted by Crippen LogP contribution is 2.51. The van der Waals surface area contributed by atoms with Gasteiger partial charge in [0.15, 0.2) is 0 Å². The quantitative estimate of drug-likeness (QED) is 0.804. The van der Waals surface area contributed by atoms with E-state index in [0.717, 1.165) is 28.2 Å². The second kappa shape index (κ2) is 4.18. The summed E-state index contributed by atoms with van der Waals surface area (Å²) in [6.45, 7) is 5.42. The van der Waals surface area contributed by atoms with E-state index in [1.165, 1.54) is 11.1 Å². The molecular formula is C15H18N2O3S. The van der Waals surface area contributed by atoms with Crippen molar-refractivity contribution in [2.45, 2.75) is 32.7 Å². The SMILES string of the molecule is CC(C)(C)NN(C(=O)C1=C2C=C3CC3=C2C=C1)S(C)(=O)=O. The van der Waals surface area contributed by atoms with Crippen LogP contribution in [0.25, 0.3) is 0 Å². The highest BCUT2D eigenvalue weighted by molar-refractivity contribution is 7.88. The molecule has 1 amide bonds. The summed E-state index contributed by atoms with van der Waals surface area (Å²) in [7, 11) is -3.70. The summed E-state index contributed by atoms with van der Waals surface area (Å²) in [5, 5.41) is 0. The zero-order chi connectivity index (χ0) is 15.6. The summed E-state index contributed by atoms with van der Waals surface area (Å²) < 4.78 is 24.6. The summed E-state index contributed by atoms with van der Waals surface area (Å²) in [5.41, 5.74) is 7.10. The van der Waals surface area contributed by atoms with Crippen LogP contribution >= 0.6 is 0 Å². The number of nitrogens with one attached hydrogen (secondary N) is 1. The van der Waals surface area contributed by atoms with E-state index in [9.17, 15) is 13.2 Å². The third-order valence-electron chi connectivity index (χ3n) is 3.45. The summed E-state index contributed by atoms with van der Waals surface area (Å²) in [4.78, 5) is 12.7. The lowest BCUT2D eigenvalue weighted by atomic mass is 10.1. The molecule has 0 aliphatic heterocycles. The minimum atomic E-state index is -3.70. The molecule has 3 aliphatic rings. The Kier molecular flexibility index (Phi) is 2.84. The minimum Gasteiger partial charge on any atom is -0.266 e. The summed E-state index contributed by atoms with van der Waals surface area (Å²) >= 11 is 0. The summed E-state index contributed by atoms with van der Waals surface area (Å²) in [6, 6.07) is 0. The number of hydrogen-bond donors (Lipinski definition) is 1. The average Bonchev–Trinajstić information content (AvgIpc) is 2.80. The molecule has 112 valence electrons. The topological polar surface area (TPSA) is 66.5 Å². The van der Waals surface area contributed by atoms with E-state index in [-0.39, 0.29) is 0 Å². The molecule has 1 fully saturated rings. The van der Waals surface area contributed by atoms with Crippen LogP contribution in [0.3, 0.4) is 0 Å². The van der Waals surface area contributed by atoms with Gasteiger partial charge >= 0.3 is 0 Å². The molecule has 0 aromatic rings. The third-order valence-corrected chi connectivity index (χ3v) is 4.37. The third kappa shape index (κ3) is 2.49. The van der Waals surface area contributed by atoms with Crippen LogP contribution < -0.4 is 5.43 Å². The molecule has 3 aliphatic carbocycles. The predicted molar refractivity (Wildman–Crippen MR) is 80.5 cm³/mol. The second-order valence-corrected chi connectivity index (χ2v) is 8.42. The average molecular weight is 306 g/mol. The maximum absolute atomic E-state index is 12.7. The first kappa shape index (κ1) is 14.3. The van der Waals surface area contributed by atoms with Crippen molar-refractivity contribution in [3.8, 4) is 0 Å². The van der Waals surface area contributed by atoms with Crippen molar-refractivity contribution >= 4 is 15.9 Å². The number of nitrogens with zero attached hydrogens (tertiary/aromatic N) is 1. The molecule has 5 nitrogen and oxygen atoms in total. The number of carbonyl (C=O) groups is 1. The van der Waals surface area contributed by atoms with E-state index in [1.807, 2.05) is 12.2 Å². The summed E-state index contributed by atoms with van der Waals surface area (Å²) in [5.74, 6) is -0.535. The maximum Gasteiger partial charge on any atom is 0.282 e. The Labute approximate surface area is 124 Å². The van der Waals surface area contributed by atoms with Gasteiger partial charge in [-0.3, -0.25) is 4.79 Å². The molecule has 6 heteroatoms. The standard InChI is InChI=1S/C15H18N2O3S/c1-15(2,3)16-17(21(4,19)20)14(18)11-6-5-10-12-7-9(12)8-13(10)11/h5-6,8,16H,7H2,1-4H3. The van der Waals surface area contributed by atoms with Crippen molar-refractivity contribution in [3.63, 3.8) is 0 Å². The first-order chi connectivity index (χ1) is 9.58. The fourth-order valence-electron chi connectivity index (χ4n) is 2.52. The number of fused-ring (bicyclic) bond motifs is 2. The van der Waals surface area contributed by atoms with E-state index in [4.69, 9.17) is 0 Å². The number of hydrogen-bond acceptors (Lipinski definition) is 4. The van der Waals surface area contributed by atoms with Crippen molar-refractivity contribution < 1.29 is 13.2 Å². The lowest BCUT2D eigenvalue weighted by molar-refractivity contribution is -0.125. The van der Waals surface area contributed by atoms with Gasteiger partial charge in [0.05, 0.1) is 6.26 Å². The summed E-state index contributed by atoms with van der Waals surface area (Å²) in [6.07, 6.45) is 7.59. The number of carbonyl (C=O) groups excluding carboxylic acids is 1. The van der Waals surface area contributed by atoms with Crippen molar-refractivity contribution in [1.82, 2.24) is 9.84 Å². The van der Waals surface area contributed by atoms with Gasteiger partial charge in [-0.1, -0.05) is 6.08 Å². The lowest BCUT2D eigenvalue weighted by Crippen LogP contribution is -2.54. The van der Waals surface area contributed by atoms with E-state index >= 15 is 0 Å². The Bertz CT molecular complexity index is 774. The predicted octanol–water partition coefficient (Wildman–Crippen LogP) is 1.58. The highest BCUT2D eigenvalue weighted by atomic mass is 32.2. The van der Waals surface area contributed by atoms with Crippen molar-refractivity contribution in [1.29, 1.82) is 0 Å². The Morgan fingerprint density at radius 3 is 2.48 bits per heavy atom. The van der Waals surface area contributed by atoms with E-state index in [1.54, 1.807) is 26.8 Å². The molecule has 0 radical (unpaired) electrons. The van der Waals surface area contributed by atoms with Crippen LogP contribution in [0.15, 0.2) is 46.1 Å². The molecular weight excluding hydrogens is 288 g/mol. The zero-order valence-corrected chi connectivity index (χ0v) is 13.3. The molecule has 0 atom stereocenters. The van der Waals surface area contributed by atoms with Crippen molar-refractivity contribution in [3.05, 3.63) is 46.1 Å². The van der Waals surface area contributed by atoms with Crippen molar-refractivity contribution in [2.75, 3.05) is 6.26 Å². The van der Waals surface area contributed by atoms with Gasteiger partial charge < -0.3 is 0 Å². The maximum atomic E-state index is 12.7. The van der Waals surface area contributed by atoms with Gasteiger partial charge in [-0.2, -0.15) is 4.41 Å². The molecule has 0 unspecified atom stereocenters. The van der Waals surface area contributed by atoms with Crippen LogP contribution in [0.4, 0.5) is 0 Å². The molecule has 0 saturated heterocycles. The number of amides is 1. The van der Waals surface area contributed by atoms with Gasteiger partial charge in [0, 0.05) is 11.1 Å². The zero-order valence-electron chi connectivity index (χ0n) is 12.5. The molecule has 21 heavy (non-hydrogen) atoms. The van der Waals surface area contributed by atoms with Crippen LogP contribution in [0.5, 0.6) is 0 Å². The Balaban J connectivity index is 1.97. The van der Waals surface area contributed by atoms with Crippen LogP contribution in [0.2, 0.25) is 0 Å². The number of sulfonamides is 1. The van der Waals surface area contributed by atoms with Gasteiger partial charge in [-0.15, -0.1) is 0 Å². The smallest absolute Gasteiger partial charge is 0.266 e. The van der Waals surface area contributed by atoms with Gasteiger partial charge in [-0.25, -0.2) is 13.8 Å². The van der Waals surface area contributed by atoms with Crippen LogP contribution in [-0.2, 0) is 14.8 Å². The molecule has 0 spiro atoms.